The number of hydrogen-bond donors (Lipinski definition) is 2. The zero-order valence-corrected chi connectivity index (χ0v) is 12.2. The topological polar surface area (TPSA) is 60.8 Å². The number of carboxylic acids is 1. The molecular formula is C16H23NO3. The third-order valence-electron chi connectivity index (χ3n) is 4.06. The first-order valence-corrected chi connectivity index (χ1v) is 7.09. The van der Waals surface area contributed by atoms with Crippen LogP contribution in [0.4, 0.5) is 0 Å². The number of rotatable bonds is 5. The number of nitrogens with zero attached hydrogens (tertiary/aromatic N) is 1. The van der Waals surface area contributed by atoms with Crippen LogP contribution in [0.5, 0.6) is 0 Å². The van der Waals surface area contributed by atoms with E-state index in [9.17, 15) is 9.90 Å². The van der Waals surface area contributed by atoms with Crippen molar-refractivity contribution in [2.24, 2.45) is 5.92 Å². The predicted molar refractivity (Wildman–Crippen MR) is 77.5 cm³/mol. The number of benzene rings is 1. The van der Waals surface area contributed by atoms with Crippen LogP contribution in [-0.4, -0.2) is 39.8 Å². The second-order valence-corrected chi connectivity index (χ2v) is 6.26. The van der Waals surface area contributed by atoms with E-state index >= 15 is 0 Å². The fourth-order valence-corrected chi connectivity index (χ4v) is 2.75. The van der Waals surface area contributed by atoms with Crippen molar-refractivity contribution in [3.63, 3.8) is 0 Å². The van der Waals surface area contributed by atoms with Gasteiger partial charge < -0.3 is 10.2 Å². The van der Waals surface area contributed by atoms with Gasteiger partial charge >= 0.3 is 5.97 Å². The summed E-state index contributed by atoms with van der Waals surface area (Å²) in [6.07, 6.45) is 1.10. The zero-order chi connectivity index (χ0) is 14.8. The van der Waals surface area contributed by atoms with Crippen molar-refractivity contribution in [2.75, 3.05) is 13.1 Å². The van der Waals surface area contributed by atoms with Crippen molar-refractivity contribution in [3.05, 3.63) is 35.4 Å². The summed E-state index contributed by atoms with van der Waals surface area (Å²) in [5.74, 6) is -0.473. The van der Waals surface area contributed by atoms with Crippen molar-refractivity contribution in [3.8, 4) is 0 Å². The van der Waals surface area contributed by atoms with Gasteiger partial charge in [0, 0.05) is 19.0 Å². The Bertz CT molecular complexity index is 462. The second-order valence-electron chi connectivity index (χ2n) is 6.26. The van der Waals surface area contributed by atoms with Gasteiger partial charge in [-0.2, -0.15) is 0 Å². The molecule has 0 unspecified atom stereocenters. The molecule has 0 aliphatic carbocycles. The van der Waals surface area contributed by atoms with Crippen molar-refractivity contribution < 1.29 is 15.0 Å². The lowest BCUT2D eigenvalue weighted by Crippen LogP contribution is -2.33. The van der Waals surface area contributed by atoms with Gasteiger partial charge in [0.2, 0.25) is 0 Å². The van der Waals surface area contributed by atoms with E-state index in [1.807, 2.05) is 38.1 Å². The standard InChI is InChI=1S/C16H23NO3/c1-16(2,20)14-7-8-17(11-14)10-13-5-3-12(4-6-13)9-15(18)19/h3-6,14,20H,7-11H2,1-2H3,(H,18,19)/t14-/m1/s1. The van der Waals surface area contributed by atoms with Gasteiger partial charge in [0.25, 0.3) is 0 Å². The second kappa shape index (κ2) is 5.94. The maximum absolute atomic E-state index is 10.6. The normalized spacial score (nSPS) is 20.2. The Morgan fingerprint density at radius 1 is 1.30 bits per heavy atom. The smallest absolute Gasteiger partial charge is 0.307 e. The SMILES string of the molecule is CC(C)(O)[C@@H]1CCN(Cc2ccc(CC(=O)O)cc2)C1. The zero-order valence-electron chi connectivity index (χ0n) is 12.2. The van der Waals surface area contributed by atoms with Crippen LogP contribution in [0.3, 0.4) is 0 Å². The van der Waals surface area contributed by atoms with Gasteiger partial charge in [0.1, 0.15) is 0 Å². The van der Waals surface area contributed by atoms with Crippen LogP contribution in [0.15, 0.2) is 24.3 Å². The summed E-state index contributed by atoms with van der Waals surface area (Å²) in [5.41, 5.74) is 1.41. The van der Waals surface area contributed by atoms with Crippen molar-refractivity contribution in [1.82, 2.24) is 4.90 Å². The average Bonchev–Trinajstić information content (AvgIpc) is 2.79. The number of likely N-dealkylation sites (tertiary alicyclic amines) is 1. The molecule has 1 aliphatic heterocycles. The molecular weight excluding hydrogens is 254 g/mol. The summed E-state index contributed by atoms with van der Waals surface area (Å²) in [6, 6.07) is 7.76. The van der Waals surface area contributed by atoms with E-state index in [2.05, 4.69) is 4.90 Å². The van der Waals surface area contributed by atoms with Gasteiger partial charge in [0.15, 0.2) is 0 Å². The van der Waals surface area contributed by atoms with E-state index in [1.165, 1.54) is 5.56 Å². The predicted octanol–water partition coefficient (Wildman–Crippen LogP) is 1.91. The Kier molecular flexibility index (Phi) is 4.45. The summed E-state index contributed by atoms with van der Waals surface area (Å²) in [7, 11) is 0. The fraction of sp³-hybridized carbons (Fsp3) is 0.562. The molecule has 1 atom stereocenters. The fourth-order valence-electron chi connectivity index (χ4n) is 2.75. The summed E-state index contributed by atoms with van der Waals surface area (Å²) >= 11 is 0. The third kappa shape index (κ3) is 4.05. The highest BCUT2D eigenvalue weighted by molar-refractivity contribution is 5.70. The molecule has 0 amide bonds. The Hall–Kier alpha value is -1.39. The van der Waals surface area contributed by atoms with Gasteiger partial charge in [-0.05, 0) is 37.9 Å². The van der Waals surface area contributed by atoms with Gasteiger partial charge in [-0.15, -0.1) is 0 Å². The maximum Gasteiger partial charge on any atom is 0.307 e. The number of carboxylic acid groups (broad SMARTS) is 1. The number of hydrogen-bond acceptors (Lipinski definition) is 3. The molecule has 2 N–H and O–H groups in total. The van der Waals surface area contributed by atoms with E-state index in [0.717, 1.165) is 31.6 Å². The maximum atomic E-state index is 10.6. The average molecular weight is 277 g/mol. The molecule has 1 aromatic carbocycles. The van der Waals surface area contributed by atoms with Crippen molar-refractivity contribution in [1.29, 1.82) is 0 Å². The van der Waals surface area contributed by atoms with E-state index < -0.39 is 11.6 Å². The molecule has 1 fully saturated rings. The molecule has 0 radical (unpaired) electrons. The summed E-state index contributed by atoms with van der Waals surface area (Å²) in [5, 5.41) is 18.8. The van der Waals surface area contributed by atoms with Crippen LogP contribution in [-0.2, 0) is 17.8 Å². The Balaban J connectivity index is 1.90. The van der Waals surface area contributed by atoms with E-state index in [1.54, 1.807) is 0 Å². The minimum atomic E-state index is -0.801. The first-order chi connectivity index (χ1) is 9.34. The highest BCUT2D eigenvalue weighted by atomic mass is 16.4. The largest absolute Gasteiger partial charge is 0.481 e. The van der Waals surface area contributed by atoms with E-state index in [0.29, 0.717) is 5.92 Å². The summed E-state index contributed by atoms with van der Waals surface area (Å²) < 4.78 is 0. The molecule has 1 heterocycles. The molecule has 1 saturated heterocycles. The van der Waals surface area contributed by atoms with E-state index in [-0.39, 0.29) is 6.42 Å². The molecule has 2 rings (SSSR count). The molecule has 4 nitrogen and oxygen atoms in total. The molecule has 20 heavy (non-hydrogen) atoms. The molecule has 0 aromatic heterocycles. The van der Waals surface area contributed by atoms with Crippen molar-refractivity contribution in [2.45, 2.75) is 38.8 Å². The van der Waals surface area contributed by atoms with Crippen molar-refractivity contribution >= 4 is 5.97 Å². The van der Waals surface area contributed by atoms with Gasteiger partial charge in [0.05, 0.1) is 12.0 Å². The van der Waals surface area contributed by atoms with E-state index in [4.69, 9.17) is 5.11 Å². The lowest BCUT2D eigenvalue weighted by molar-refractivity contribution is -0.136. The first kappa shape index (κ1) is 15.0. The lowest BCUT2D eigenvalue weighted by Gasteiger charge is -2.25. The minimum absolute atomic E-state index is 0.0742. The van der Waals surface area contributed by atoms with Gasteiger partial charge in [-0.25, -0.2) is 0 Å². The van der Waals surface area contributed by atoms with Crippen LogP contribution in [0.25, 0.3) is 0 Å². The highest BCUT2D eigenvalue weighted by Gasteiger charge is 2.33. The van der Waals surface area contributed by atoms with Crippen LogP contribution in [0, 0.1) is 5.92 Å². The molecule has 1 aliphatic rings. The lowest BCUT2D eigenvalue weighted by atomic mass is 9.90. The molecule has 4 heteroatoms. The Morgan fingerprint density at radius 2 is 1.90 bits per heavy atom. The monoisotopic (exact) mass is 277 g/mol. The third-order valence-corrected chi connectivity index (χ3v) is 4.06. The molecule has 0 spiro atoms. The summed E-state index contributed by atoms with van der Waals surface area (Å²) in [6.45, 7) is 6.54. The van der Waals surface area contributed by atoms with Gasteiger partial charge in [-0.1, -0.05) is 24.3 Å². The molecule has 0 bridgehead atoms. The summed E-state index contributed by atoms with van der Waals surface area (Å²) in [4.78, 5) is 13.0. The Labute approximate surface area is 120 Å². The van der Waals surface area contributed by atoms with Crippen LogP contribution in [0.1, 0.15) is 31.4 Å². The first-order valence-electron chi connectivity index (χ1n) is 7.09. The minimum Gasteiger partial charge on any atom is -0.481 e. The highest BCUT2D eigenvalue weighted by Crippen LogP contribution is 2.27. The van der Waals surface area contributed by atoms with Crippen LogP contribution in [0.2, 0.25) is 0 Å². The molecule has 0 saturated carbocycles. The number of carbonyl (C=O) groups is 1. The van der Waals surface area contributed by atoms with Gasteiger partial charge in [-0.3, -0.25) is 9.69 Å². The quantitative estimate of drug-likeness (QED) is 0.863. The molecule has 1 aromatic rings. The van der Waals surface area contributed by atoms with Crippen LogP contribution >= 0.6 is 0 Å². The number of aliphatic carboxylic acids is 1. The number of aliphatic hydroxyl groups is 1. The Morgan fingerprint density at radius 3 is 2.40 bits per heavy atom. The molecule has 110 valence electrons. The van der Waals surface area contributed by atoms with Crippen LogP contribution < -0.4 is 0 Å².